The summed E-state index contributed by atoms with van der Waals surface area (Å²) in [5, 5.41) is 9.59. The molecule has 3 nitrogen and oxygen atoms in total. The molecule has 0 aliphatic rings. The maximum atomic E-state index is 10.8. The highest BCUT2D eigenvalue weighted by Crippen LogP contribution is 2.29. The number of carboxylic acids is 1. The summed E-state index contributed by atoms with van der Waals surface area (Å²) in [6.45, 7) is 4.08. The number of pyridine rings is 1. The lowest BCUT2D eigenvalue weighted by Gasteiger charge is -2.06. The van der Waals surface area contributed by atoms with Gasteiger partial charge in [0, 0.05) is 4.90 Å². The summed E-state index contributed by atoms with van der Waals surface area (Å²) in [5.41, 5.74) is 2.45. The number of aromatic nitrogens is 1. The normalized spacial score (nSPS) is 10.3. The molecule has 2 aromatic rings. The van der Waals surface area contributed by atoms with E-state index < -0.39 is 5.97 Å². The highest BCUT2D eigenvalue weighted by Gasteiger charge is 2.07. The molecule has 0 amide bonds. The lowest BCUT2D eigenvalue weighted by Crippen LogP contribution is -2.00. The second-order valence-electron chi connectivity index (χ2n) is 4.04. The monoisotopic (exact) mass is 259 g/mol. The SMILES string of the molecule is Cc1ccc(Sc2cccc(C(=O)O)n2)c(C)c1. The lowest BCUT2D eigenvalue weighted by molar-refractivity contribution is 0.0689. The third-order valence-corrected chi connectivity index (χ3v) is 3.60. The van der Waals surface area contributed by atoms with Gasteiger partial charge in [-0.05, 0) is 37.6 Å². The first kappa shape index (κ1) is 12.6. The van der Waals surface area contributed by atoms with E-state index in [4.69, 9.17) is 5.11 Å². The fourth-order valence-electron chi connectivity index (χ4n) is 1.62. The summed E-state index contributed by atoms with van der Waals surface area (Å²) < 4.78 is 0. The summed E-state index contributed by atoms with van der Waals surface area (Å²) in [4.78, 5) is 16.0. The summed E-state index contributed by atoms with van der Waals surface area (Å²) in [6, 6.07) is 11.2. The Balaban J connectivity index is 2.28. The van der Waals surface area contributed by atoms with Crippen molar-refractivity contribution in [2.24, 2.45) is 0 Å². The molecule has 0 atom stereocenters. The van der Waals surface area contributed by atoms with Crippen LogP contribution >= 0.6 is 11.8 Å². The number of rotatable bonds is 3. The number of carboxylic acid groups (broad SMARTS) is 1. The smallest absolute Gasteiger partial charge is 0.354 e. The molecular weight excluding hydrogens is 246 g/mol. The Morgan fingerprint density at radius 3 is 2.67 bits per heavy atom. The Morgan fingerprint density at radius 1 is 1.22 bits per heavy atom. The number of hydrogen-bond acceptors (Lipinski definition) is 3. The fourth-order valence-corrected chi connectivity index (χ4v) is 2.49. The molecule has 1 N–H and O–H groups in total. The van der Waals surface area contributed by atoms with Gasteiger partial charge in [0.05, 0.1) is 0 Å². The van der Waals surface area contributed by atoms with Crippen LogP contribution in [-0.2, 0) is 0 Å². The third-order valence-electron chi connectivity index (χ3n) is 2.49. The van der Waals surface area contributed by atoms with Gasteiger partial charge in [-0.2, -0.15) is 0 Å². The first-order valence-corrected chi connectivity index (χ1v) is 6.33. The van der Waals surface area contributed by atoms with Gasteiger partial charge in [-0.25, -0.2) is 9.78 Å². The Kier molecular flexibility index (Phi) is 3.67. The molecule has 18 heavy (non-hydrogen) atoms. The molecule has 1 aromatic heterocycles. The number of aryl methyl sites for hydroxylation is 2. The van der Waals surface area contributed by atoms with Crippen LogP contribution in [0.25, 0.3) is 0 Å². The van der Waals surface area contributed by atoms with E-state index in [2.05, 4.69) is 11.1 Å². The van der Waals surface area contributed by atoms with Crippen LogP contribution in [0.3, 0.4) is 0 Å². The Labute approximate surface area is 110 Å². The van der Waals surface area contributed by atoms with E-state index in [-0.39, 0.29) is 5.69 Å². The van der Waals surface area contributed by atoms with Crippen LogP contribution < -0.4 is 0 Å². The molecule has 0 saturated carbocycles. The van der Waals surface area contributed by atoms with Gasteiger partial charge in [-0.3, -0.25) is 0 Å². The fraction of sp³-hybridized carbons (Fsp3) is 0.143. The highest BCUT2D eigenvalue weighted by atomic mass is 32.2. The number of benzene rings is 1. The van der Waals surface area contributed by atoms with E-state index in [1.165, 1.54) is 29.0 Å². The van der Waals surface area contributed by atoms with E-state index in [0.717, 1.165) is 4.90 Å². The Bertz CT molecular complexity index is 596. The molecular formula is C14H13NO2S. The van der Waals surface area contributed by atoms with Crippen LogP contribution in [0, 0.1) is 13.8 Å². The van der Waals surface area contributed by atoms with Crippen LogP contribution in [0.15, 0.2) is 46.3 Å². The largest absolute Gasteiger partial charge is 0.477 e. The molecule has 4 heteroatoms. The quantitative estimate of drug-likeness (QED) is 0.915. The van der Waals surface area contributed by atoms with E-state index in [1.54, 1.807) is 6.07 Å². The topological polar surface area (TPSA) is 50.2 Å². The summed E-state index contributed by atoms with van der Waals surface area (Å²) in [5.74, 6) is -1.00. The van der Waals surface area contributed by atoms with Crippen molar-refractivity contribution in [2.45, 2.75) is 23.8 Å². The second-order valence-corrected chi connectivity index (χ2v) is 5.10. The average molecular weight is 259 g/mol. The zero-order valence-corrected chi connectivity index (χ0v) is 11.0. The number of carbonyl (C=O) groups is 1. The number of hydrogen-bond donors (Lipinski definition) is 1. The van der Waals surface area contributed by atoms with Crippen molar-refractivity contribution in [1.29, 1.82) is 0 Å². The average Bonchev–Trinajstić information content (AvgIpc) is 2.33. The van der Waals surface area contributed by atoms with Gasteiger partial charge in [-0.15, -0.1) is 0 Å². The van der Waals surface area contributed by atoms with Crippen LogP contribution in [0.4, 0.5) is 0 Å². The summed E-state index contributed by atoms with van der Waals surface area (Å²) in [6.07, 6.45) is 0. The maximum Gasteiger partial charge on any atom is 0.354 e. The van der Waals surface area contributed by atoms with Gasteiger partial charge in [0.1, 0.15) is 10.7 Å². The third kappa shape index (κ3) is 2.90. The van der Waals surface area contributed by atoms with Gasteiger partial charge in [-0.1, -0.05) is 35.5 Å². The van der Waals surface area contributed by atoms with Crippen molar-refractivity contribution in [3.05, 3.63) is 53.2 Å². The van der Waals surface area contributed by atoms with Crippen LogP contribution in [0.5, 0.6) is 0 Å². The molecule has 0 aliphatic heterocycles. The predicted molar refractivity (Wildman–Crippen MR) is 71.2 cm³/mol. The molecule has 92 valence electrons. The lowest BCUT2D eigenvalue weighted by atomic mass is 10.2. The molecule has 0 aliphatic carbocycles. The highest BCUT2D eigenvalue weighted by molar-refractivity contribution is 7.99. The molecule has 0 unspecified atom stereocenters. The first-order chi connectivity index (χ1) is 8.56. The maximum absolute atomic E-state index is 10.8. The van der Waals surface area contributed by atoms with Crippen LogP contribution in [0.1, 0.15) is 21.6 Å². The second kappa shape index (κ2) is 5.23. The minimum Gasteiger partial charge on any atom is -0.477 e. The minimum absolute atomic E-state index is 0.0739. The Hall–Kier alpha value is -1.81. The standard InChI is InChI=1S/C14H13NO2S/c1-9-6-7-12(10(2)8-9)18-13-5-3-4-11(15-13)14(16)17/h3-8H,1-2H3,(H,16,17). The van der Waals surface area contributed by atoms with Gasteiger partial charge in [0.15, 0.2) is 0 Å². The van der Waals surface area contributed by atoms with Gasteiger partial charge in [0.25, 0.3) is 0 Å². The summed E-state index contributed by atoms with van der Waals surface area (Å²) in [7, 11) is 0. The zero-order valence-electron chi connectivity index (χ0n) is 10.2. The van der Waals surface area contributed by atoms with Crippen LogP contribution in [-0.4, -0.2) is 16.1 Å². The van der Waals surface area contributed by atoms with Crippen molar-refractivity contribution >= 4 is 17.7 Å². The van der Waals surface area contributed by atoms with E-state index >= 15 is 0 Å². The van der Waals surface area contributed by atoms with Gasteiger partial charge >= 0.3 is 5.97 Å². The first-order valence-electron chi connectivity index (χ1n) is 5.52. The molecule has 0 spiro atoms. The minimum atomic E-state index is -1.00. The molecule has 0 bridgehead atoms. The van der Waals surface area contributed by atoms with Crippen molar-refractivity contribution in [3.63, 3.8) is 0 Å². The molecule has 1 heterocycles. The zero-order chi connectivity index (χ0) is 13.1. The van der Waals surface area contributed by atoms with Crippen molar-refractivity contribution in [2.75, 3.05) is 0 Å². The van der Waals surface area contributed by atoms with Crippen molar-refractivity contribution < 1.29 is 9.90 Å². The van der Waals surface area contributed by atoms with E-state index in [0.29, 0.717) is 5.03 Å². The van der Waals surface area contributed by atoms with Gasteiger partial charge < -0.3 is 5.11 Å². The van der Waals surface area contributed by atoms with Crippen molar-refractivity contribution in [1.82, 2.24) is 4.98 Å². The van der Waals surface area contributed by atoms with Crippen LogP contribution in [0.2, 0.25) is 0 Å². The van der Waals surface area contributed by atoms with Crippen molar-refractivity contribution in [3.8, 4) is 0 Å². The number of aromatic carboxylic acids is 1. The summed E-state index contributed by atoms with van der Waals surface area (Å²) >= 11 is 1.48. The van der Waals surface area contributed by atoms with Gasteiger partial charge in [0.2, 0.25) is 0 Å². The number of nitrogens with zero attached hydrogens (tertiary/aromatic N) is 1. The van der Waals surface area contributed by atoms with E-state index in [9.17, 15) is 4.79 Å². The molecule has 1 aromatic carbocycles. The predicted octanol–water partition coefficient (Wildman–Crippen LogP) is 3.55. The Morgan fingerprint density at radius 2 is 2.00 bits per heavy atom. The molecule has 0 saturated heterocycles. The molecule has 0 fully saturated rings. The van der Waals surface area contributed by atoms with E-state index in [1.807, 2.05) is 32.0 Å². The molecule has 2 rings (SSSR count). The molecule has 0 radical (unpaired) electrons.